The molecule has 0 saturated heterocycles. The molecule has 0 radical (unpaired) electrons. The van der Waals surface area contributed by atoms with E-state index in [1.165, 1.54) is 66.4 Å². The van der Waals surface area contributed by atoms with Crippen LogP contribution in [0, 0.1) is 6.92 Å². The van der Waals surface area contributed by atoms with Crippen LogP contribution < -0.4 is 0 Å². The summed E-state index contributed by atoms with van der Waals surface area (Å²) >= 11 is 0. The molecule has 0 aliphatic carbocycles. The minimum absolute atomic E-state index is 1.02. The molecule has 0 bridgehead atoms. The average Bonchev–Trinajstić information content (AvgIpc) is 3.37. The van der Waals surface area contributed by atoms with Gasteiger partial charge in [-0.3, -0.25) is 0 Å². The molecule has 6 rings (SSSR count). The summed E-state index contributed by atoms with van der Waals surface area (Å²) in [5, 5.41) is 2.56. The van der Waals surface area contributed by atoms with Gasteiger partial charge in [-0.05, 0) is 90.1 Å². The number of hydrogen-bond donors (Lipinski definition) is 0. The van der Waals surface area contributed by atoms with Gasteiger partial charge < -0.3 is 4.57 Å². The minimum atomic E-state index is 1.02. The molecule has 0 N–H and O–H groups in total. The first-order chi connectivity index (χ1) is 20.2. The fraction of sp³-hybridized carbons (Fsp3) is 0.150. The fourth-order valence-electron chi connectivity index (χ4n) is 5.47. The molecule has 204 valence electrons. The van der Waals surface area contributed by atoms with Gasteiger partial charge >= 0.3 is 0 Å². The summed E-state index contributed by atoms with van der Waals surface area (Å²) in [5.41, 5.74) is 12.3. The summed E-state index contributed by atoms with van der Waals surface area (Å²) < 4.78 is 2.38. The third-order valence-corrected chi connectivity index (χ3v) is 7.53. The number of aromatic nitrogens is 1. The maximum Gasteiger partial charge on any atom is 0.0541 e. The topological polar surface area (TPSA) is 4.93 Å². The highest BCUT2D eigenvalue weighted by Gasteiger charge is 2.13. The van der Waals surface area contributed by atoms with Crippen LogP contribution >= 0.6 is 0 Å². The lowest BCUT2D eigenvalue weighted by atomic mass is 9.95. The molecular formula is C40H39N. The van der Waals surface area contributed by atoms with Gasteiger partial charge in [0.25, 0.3) is 0 Å². The molecule has 0 spiro atoms. The van der Waals surface area contributed by atoms with E-state index in [1.807, 2.05) is 13.8 Å². The number of nitrogens with zero attached hydrogens (tertiary/aromatic N) is 1. The molecule has 6 aromatic rings. The Morgan fingerprint density at radius 1 is 0.585 bits per heavy atom. The van der Waals surface area contributed by atoms with Crippen molar-refractivity contribution in [2.45, 2.75) is 41.0 Å². The molecule has 0 atom stereocenters. The van der Waals surface area contributed by atoms with Crippen LogP contribution in [0.5, 0.6) is 0 Å². The molecule has 0 saturated carbocycles. The highest BCUT2D eigenvalue weighted by molar-refractivity contribution is 6.11. The molecule has 1 heterocycles. The molecule has 1 aromatic heterocycles. The third-order valence-electron chi connectivity index (χ3n) is 7.53. The van der Waals surface area contributed by atoms with Crippen molar-refractivity contribution < 1.29 is 0 Å². The number of aryl methyl sites for hydroxylation is 1. The van der Waals surface area contributed by atoms with Crippen LogP contribution in [0.1, 0.15) is 39.7 Å². The Hall–Kier alpha value is -4.62. The lowest BCUT2D eigenvalue weighted by Crippen LogP contribution is -1.94. The smallest absolute Gasteiger partial charge is 0.0541 e. The molecule has 0 amide bonds. The lowest BCUT2D eigenvalue weighted by molar-refractivity contribution is 1.19. The molecule has 0 aliphatic rings. The quantitative estimate of drug-likeness (QED) is 0.188. The van der Waals surface area contributed by atoms with E-state index >= 15 is 0 Å². The second-order valence-corrected chi connectivity index (χ2v) is 10.1. The van der Waals surface area contributed by atoms with Crippen molar-refractivity contribution >= 4 is 27.5 Å². The molecule has 0 fully saturated rings. The van der Waals surface area contributed by atoms with E-state index in [0.717, 1.165) is 6.42 Å². The highest BCUT2D eigenvalue weighted by atomic mass is 15.0. The second kappa shape index (κ2) is 12.7. The number of allylic oxidation sites excluding steroid dienone is 4. The molecule has 0 aliphatic heterocycles. The van der Waals surface area contributed by atoms with Crippen molar-refractivity contribution in [2.75, 3.05) is 0 Å². The summed E-state index contributed by atoms with van der Waals surface area (Å²) in [5.74, 6) is 0. The molecule has 41 heavy (non-hydrogen) atoms. The van der Waals surface area contributed by atoms with Crippen LogP contribution in [0.4, 0.5) is 0 Å². The second-order valence-electron chi connectivity index (χ2n) is 10.1. The van der Waals surface area contributed by atoms with Crippen LogP contribution in [0.15, 0.2) is 133 Å². The van der Waals surface area contributed by atoms with E-state index in [1.54, 1.807) is 0 Å². The maximum absolute atomic E-state index is 2.38. The number of fused-ring (bicyclic) bond motifs is 3. The first-order valence-electron chi connectivity index (χ1n) is 14.8. The Kier molecular flexibility index (Phi) is 8.65. The Morgan fingerprint density at radius 2 is 1.12 bits per heavy atom. The largest absolute Gasteiger partial charge is 0.310 e. The number of para-hydroxylation sites is 1. The molecule has 1 nitrogen and oxygen atoms in total. The fourth-order valence-corrected chi connectivity index (χ4v) is 5.47. The molecular weight excluding hydrogens is 494 g/mol. The normalized spacial score (nSPS) is 11.7. The Morgan fingerprint density at radius 3 is 1.73 bits per heavy atom. The van der Waals surface area contributed by atoms with Crippen molar-refractivity contribution in [1.82, 2.24) is 4.57 Å². The molecule has 1 heteroatoms. The Bertz CT molecular complexity index is 1840. The summed E-state index contributed by atoms with van der Waals surface area (Å²) in [4.78, 5) is 0. The van der Waals surface area contributed by atoms with Gasteiger partial charge in [0.15, 0.2) is 0 Å². The highest BCUT2D eigenvalue weighted by Crippen LogP contribution is 2.36. The van der Waals surface area contributed by atoms with Gasteiger partial charge in [0.2, 0.25) is 0 Å². The van der Waals surface area contributed by atoms with Gasteiger partial charge in [-0.25, -0.2) is 0 Å². The molecule has 5 aromatic carbocycles. The number of benzene rings is 5. The number of rotatable bonds is 6. The monoisotopic (exact) mass is 533 g/mol. The van der Waals surface area contributed by atoms with Crippen LogP contribution in [-0.4, -0.2) is 4.57 Å². The zero-order chi connectivity index (χ0) is 28.8. The van der Waals surface area contributed by atoms with E-state index in [4.69, 9.17) is 0 Å². The lowest BCUT2D eigenvalue weighted by Gasteiger charge is -2.10. The molecule has 0 unspecified atom stereocenters. The minimum Gasteiger partial charge on any atom is -0.310 e. The summed E-state index contributed by atoms with van der Waals surface area (Å²) in [6.07, 6.45) is 7.67. The van der Waals surface area contributed by atoms with Gasteiger partial charge in [0, 0.05) is 16.5 Å². The Balaban J connectivity index is 0.00000165. The average molecular weight is 534 g/mol. The van der Waals surface area contributed by atoms with E-state index in [9.17, 15) is 0 Å². The SMILES string of the molecule is C/C=C(\C=C/CC)n1c2ccccc2c2cc(-c3cccc(-c4cccc(-c5ccc(C)cc5)c4)c3)ccc21.CC. The zero-order valence-electron chi connectivity index (χ0n) is 24.9. The summed E-state index contributed by atoms with van der Waals surface area (Å²) in [6, 6.07) is 42.1. The predicted molar refractivity (Wildman–Crippen MR) is 181 cm³/mol. The summed E-state index contributed by atoms with van der Waals surface area (Å²) in [7, 11) is 0. The first-order valence-corrected chi connectivity index (χ1v) is 14.8. The van der Waals surface area contributed by atoms with Crippen molar-refractivity contribution in [3.8, 4) is 33.4 Å². The van der Waals surface area contributed by atoms with Crippen molar-refractivity contribution in [3.05, 3.63) is 139 Å². The zero-order valence-corrected chi connectivity index (χ0v) is 24.9. The van der Waals surface area contributed by atoms with Crippen LogP contribution in [0.3, 0.4) is 0 Å². The first kappa shape index (κ1) is 27.9. The standard InChI is InChI=1S/C38H33N.C2H6/c1-4-6-15-34(5-2)39-37-17-8-7-16-35(37)36-26-33(22-23-38(36)39)32-14-10-13-31(25-32)30-12-9-11-29(24-30)28-20-18-27(3)19-21-28;1-2/h5-26H,4H2,1-3H3;1-2H3/b15-6-,34-5+;. The van der Waals surface area contributed by atoms with E-state index in [2.05, 4.69) is 159 Å². The third kappa shape index (κ3) is 5.67. The van der Waals surface area contributed by atoms with Gasteiger partial charge in [-0.1, -0.05) is 123 Å². The van der Waals surface area contributed by atoms with Gasteiger partial charge in [-0.15, -0.1) is 0 Å². The van der Waals surface area contributed by atoms with Gasteiger partial charge in [-0.2, -0.15) is 0 Å². The Labute approximate surface area is 245 Å². The van der Waals surface area contributed by atoms with E-state index in [0.29, 0.717) is 0 Å². The van der Waals surface area contributed by atoms with E-state index < -0.39 is 0 Å². The van der Waals surface area contributed by atoms with Gasteiger partial charge in [0.1, 0.15) is 0 Å². The van der Waals surface area contributed by atoms with Gasteiger partial charge in [0.05, 0.1) is 11.0 Å². The maximum atomic E-state index is 2.38. The van der Waals surface area contributed by atoms with Crippen molar-refractivity contribution in [2.24, 2.45) is 0 Å². The van der Waals surface area contributed by atoms with Crippen LogP contribution in [0.25, 0.3) is 60.9 Å². The van der Waals surface area contributed by atoms with E-state index in [-0.39, 0.29) is 0 Å². The van der Waals surface area contributed by atoms with Crippen molar-refractivity contribution in [3.63, 3.8) is 0 Å². The predicted octanol–water partition coefficient (Wildman–Crippen LogP) is 12.0. The number of hydrogen-bond acceptors (Lipinski definition) is 0. The van der Waals surface area contributed by atoms with Crippen LogP contribution in [0.2, 0.25) is 0 Å². The summed E-state index contributed by atoms with van der Waals surface area (Å²) in [6.45, 7) is 10.4. The van der Waals surface area contributed by atoms with Crippen LogP contribution in [-0.2, 0) is 0 Å². The van der Waals surface area contributed by atoms with Crippen molar-refractivity contribution in [1.29, 1.82) is 0 Å².